The lowest BCUT2D eigenvalue weighted by Crippen LogP contribution is -2.52. The molecule has 1 saturated heterocycles. The lowest BCUT2D eigenvalue weighted by molar-refractivity contribution is -0.193. The molecular formula is C27H29F6N3O6. The van der Waals surface area contributed by atoms with E-state index in [2.05, 4.69) is 21.3 Å². The smallest absolute Gasteiger partial charge is 0.487 e. The number of piperidine rings is 1. The monoisotopic (exact) mass is 605 g/mol. The van der Waals surface area contributed by atoms with Gasteiger partial charge in [0.1, 0.15) is 11.4 Å². The van der Waals surface area contributed by atoms with E-state index in [0.29, 0.717) is 5.56 Å². The van der Waals surface area contributed by atoms with Crippen LogP contribution in [-0.2, 0) is 9.59 Å². The largest absolute Gasteiger partial charge is 0.490 e. The highest BCUT2D eigenvalue weighted by Gasteiger charge is 2.44. The predicted octanol–water partition coefficient (Wildman–Crippen LogP) is 4.85. The Morgan fingerprint density at radius 1 is 0.952 bits per heavy atom. The van der Waals surface area contributed by atoms with Gasteiger partial charge in [0.15, 0.2) is 0 Å². The van der Waals surface area contributed by atoms with E-state index >= 15 is 0 Å². The minimum absolute atomic E-state index is 0.0346. The number of alkyl halides is 6. The predicted molar refractivity (Wildman–Crippen MR) is 135 cm³/mol. The van der Waals surface area contributed by atoms with E-state index in [-0.39, 0.29) is 17.6 Å². The number of rotatable bonds is 4. The molecule has 42 heavy (non-hydrogen) atoms. The van der Waals surface area contributed by atoms with Gasteiger partial charge in [-0.3, -0.25) is 9.78 Å². The second kappa shape index (κ2) is 13.4. The lowest BCUT2D eigenvalue weighted by Gasteiger charge is -2.47. The van der Waals surface area contributed by atoms with Crippen molar-refractivity contribution in [1.29, 1.82) is 0 Å². The maximum Gasteiger partial charge on any atom is 0.490 e. The molecule has 0 bridgehead atoms. The van der Waals surface area contributed by atoms with Crippen LogP contribution in [0.1, 0.15) is 54.1 Å². The van der Waals surface area contributed by atoms with Crippen molar-refractivity contribution >= 4 is 17.8 Å². The third kappa shape index (κ3) is 9.60. The molecule has 9 nitrogen and oxygen atoms in total. The Labute approximate surface area is 236 Å². The van der Waals surface area contributed by atoms with Gasteiger partial charge in [0.05, 0.1) is 11.6 Å². The van der Waals surface area contributed by atoms with Crippen molar-refractivity contribution in [2.75, 3.05) is 19.6 Å². The number of aromatic nitrogens is 1. The Balaban J connectivity index is 0.000000289. The number of benzene rings is 1. The molecule has 1 saturated carbocycles. The Bertz CT molecular complexity index is 1200. The van der Waals surface area contributed by atoms with E-state index in [1.54, 1.807) is 24.5 Å². The van der Waals surface area contributed by atoms with Crippen LogP contribution >= 0.6 is 0 Å². The number of nitrogens with one attached hydrogen (secondary N) is 1. The first-order valence-corrected chi connectivity index (χ1v) is 12.9. The van der Waals surface area contributed by atoms with E-state index in [9.17, 15) is 31.1 Å². The van der Waals surface area contributed by atoms with Gasteiger partial charge in [0.25, 0.3) is 5.91 Å². The summed E-state index contributed by atoms with van der Waals surface area (Å²) in [6.07, 6.45) is -1.20. The van der Waals surface area contributed by atoms with Gasteiger partial charge in [-0.25, -0.2) is 9.59 Å². The van der Waals surface area contributed by atoms with Gasteiger partial charge in [-0.2, -0.15) is 26.3 Å². The van der Waals surface area contributed by atoms with Crippen molar-refractivity contribution in [3.63, 3.8) is 0 Å². The third-order valence-electron chi connectivity index (χ3n) is 6.89. The van der Waals surface area contributed by atoms with Crippen molar-refractivity contribution in [3.05, 3.63) is 59.9 Å². The number of hydrogen-bond donors (Lipinski definition) is 3. The maximum absolute atomic E-state index is 12.8. The molecule has 1 aliphatic carbocycles. The summed E-state index contributed by atoms with van der Waals surface area (Å²) in [7, 11) is 0. The fourth-order valence-electron chi connectivity index (χ4n) is 4.60. The van der Waals surface area contributed by atoms with E-state index in [0.717, 1.165) is 49.6 Å². The van der Waals surface area contributed by atoms with Crippen LogP contribution in [-0.4, -0.2) is 75.5 Å². The molecule has 1 amide bonds. The minimum Gasteiger partial charge on any atom is -0.487 e. The summed E-state index contributed by atoms with van der Waals surface area (Å²) in [5.74, 6) is -3.74. The number of carboxylic acids is 2. The highest BCUT2D eigenvalue weighted by Crippen LogP contribution is 2.44. The van der Waals surface area contributed by atoms with Crippen LogP contribution in [0.5, 0.6) is 5.75 Å². The number of likely N-dealkylation sites (tertiary alicyclic amines) is 1. The number of halogens is 6. The van der Waals surface area contributed by atoms with Crippen LogP contribution in [0, 0.1) is 5.92 Å². The topological polar surface area (TPSA) is 129 Å². The number of nitrogens with zero attached hydrogens (tertiary/aromatic N) is 2. The van der Waals surface area contributed by atoms with Gasteiger partial charge in [0, 0.05) is 44.0 Å². The molecule has 2 aliphatic heterocycles. The number of fused-ring (bicyclic) bond motifs is 1. The van der Waals surface area contributed by atoms with Crippen LogP contribution in [0.4, 0.5) is 26.3 Å². The summed E-state index contributed by atoms with van der Waals surface area (Å²) in [6, 6.07) is 11.7. The molecule has 3 N–H and O–H groups in total. The first-order chi connectivity index (χ1) is 19.6. The number of carbonyl (C=O) groups is 3. The molecule has 2 fully saturated rings. The zero-order chi connectivity index (χ0) is 31.1. The molecule has 2 aromatic rings. The SMILES string of the molecule is O=C(NC1CC2(CCN(CC3CC3)CC2)Oc2ccccc21)c1cccnc1.O=C(O)C(F)(F)F.O=C(O)C(F)(F)F. The van der Waals surface area contributed by atoms with Crippen LogP contribution < -0.4 is 10.1 Å². The number of carbonyl (C=O) groups excluding carboxylic acids is 1. The molecule has 0 radical (unpaired) electrons. The zero-order valence-electron chi connectivity index (χ0n) is 22.1. The number of para-hydroxylation sites is 1. The first kappa shape index (κ1) is 32.6. The van der Waals surface area contributed by atoms with Crippen LogP contribution in [0.25, 0.3) is 0 Å². The molecule has 1 aromatic carbocycles. The van der Waals surface area contributed by atoms with Gasteiger partial charge in [0.2, 0.25) is 0 Å². The van der Waals surface area contributed by atoms with E-state index in [1.807, 2.05) is 18.2 Å². The number of aliphatic carboxylic acids is 2. The maximum atomic E-state index is 12.8. The van der Waals surface area contributed by atoms with Crippen LogP contribution in [0.15, 0.2) is 48.8 Å². The number of pyridine rings is 1. The molecule has 3 aliphatic rings. The summed E-state index contributed by atoms with van der Waals surface area (Å²) in [5.41, 5.74) is 1.49. The number of hydrogen-bond acceptors (Lipinski definition) is 6. The summed E-state index contributed by atoms with van der Waals surface area (Å²) >= 11 is 0. The van der Waals surface area contributed by atoms with E-state index in [4.69, 9.17) is 24.5 Å². The highest BCUT2D eigenvalue weighted by molar-refractivity contribution is 5.94. The van der Waals surface area contributed by atoms with Crippen molar-refractivity contribution in [2.24, 2.45) is 5.92 Å². The number of carboxylic acid groups (broad SMARTS) is 2. The van der Waals surface area contributed by atoms with Gasteiger partial charge in [-0.15, -0.1) is 0 Å². The standard InChI is InChI=1S/C23H27N3O2.2C2HF3O2/c27-22(18-4-3-11-24-15-18)25-20-14-23(28-21-6-2-1-5-19(20)21)9-12-26(13-10-23)16-17-7-8-17;2*3-2(4,5)1(6)7/h1-6,11,15,17,20H,7-10,12-14,16H2,(H,25,27);2*(H,6,7). The minimum atomic E-state index is -5.08. The molecule has 1 atom stereocenters. The van der Waals surface area contributed by atoms with Crippen LogP contribution in [0.3, 0.4) is 0 Å². The van der Waals surface area contributed by atoms with Gasteiger partial charge in [-0.1, -0.05) is 18.2 Å². The Morgan fingerprint density at radius 2 is 1.52 bits per heavy atom. The van der Waals surface area contributed by atoms with E-state index < -0.39 is 24.3 Å². The molecule has 3 heterocycles. The summed E-state index contributed by atoms with van der Waals surface area (Å²) in [5, 5.41) is 17.5. The molecule has 230 valence electrons. The normalized spacial score (nSPS) is 19.5. The molecule has 1 spiro atoms. The Kier molecular flexibility index (Phi) is 10.4. The zero-order valence-corrected chi connectivity index (χ0v) is 22.1. The molecule has 1 unspecified atom stereocenters. The fourth-order valence-corrected chi connectivity index (χ4v) is 4.60. The second-order valence-corrected chi connectivity index (χ2v) is 10.1. The summed E-state index contributed by atoms with van der Waals surface area (Å²) in [6.45, 7) is 3.41. The second-order valence-electron chi connectivity index (χ2n) is 10.1. The number of ether oxygens (including phenoxy) is 1. The van der Waals surface area contributed by atoms with Gasteiger partial charge in [-0.05, 0) is 49.8 Å². The van der Waals surface area contributed by atoms with Crippen molar-refractivity contribution in [1.82, 2.24) is 15.2 Å². The van der Waals surface area contributed by atoms with Crippen molar-refractivity contribution in [2.45, 2.75) is 56.1 Å². The lowest BCUT2D eigenvalue weighted by atomic mass is 9.80. The fraction of sp³-hybridized carbons (Fsp3) is 0.481. The molecule has 1 aromatic heterocycles. The molecule has 15 heteroatoms. The third-order valence-corrected chi connectivity index (χ3v) is 6.89. The van der Waals surface area contributed by atoms with Gasteiger partial charge < -0.3 is 25.2 Å². The van der Waals surface area contributed by atoms with Crippen molar-refractivity contribution in [3.8, 4) is 5.75 Å². The first-order valence-electron chi connectivity index (χ1n) is 12.9. The highest BCUT2D eigenvalue weighted by atomic mass is 19.4. The number of amides is 1. The van der Waals surface area contributed by atoms with Crippen LogP contribution in [0.2, 0.25) is 0 Å². The van der Waals surface area contributed by atoms with Crippen molar-refractivity contribution < 1.29 is 55.7 Å². The Hall–Kier alpha value is -3.88. The average molecular weight is 606 g/mol. The molecule has 5 rings (SSSR count). The summed E-state index contributed by atoms with van der Waals surface area (Å²) < 4.78 is 70.0. The summed E-state index contributed by atoms with van der Waals surface area (Å²) in [4.78, 5) is 37.2. The Morgan fingerprint density at radius 3 is 2.02 bits per heavy atom. The van der Waals surface area contributed by atoms with Gasteiger partial charge >= 0.3 is 24.3 Å². The van der Waals surface area contributed by atoms with E-state index in [1.165, 1.54) is 19.4 Å². The molecular weight excluding hydrogens is 576 g/mol. The average Bonchev–Trinajstić information content (AvgIpc) is 3.74. The quantitative estimate of drug-likeness (QED) is 0.422.